The molecule has 0 aliphatic heterocycles. The molecule has 1 unspecified atom stereocenters. The van der Waals surface area contributed by atoms with E-state index in [0.29, 0.717) is 4.47 Å². The lowest BCUT2D eigenvalue weighted by atomic mass is 10.1. The molecule has 7 heteroatoms. The van der Waals surface area contributed by atoms with Gasteiger partial charge in [-0.05, 0) is 25.2 Å². The number of rotatable bonds is 5. The van der Waals surface area contributed by atoms with Crippen molar-refractivity contribution in [2.24, 2.45) is 0 Å². The summed E-state index contributed by atoms with van der Waals surface area (Å²) in [5, 5.41) is 2.72. The van der Waals surface area contributed by atoms with Crippen molar-refractivity contribution >= 4 is 15.9 Å². The summed E-state index contributed by atoms with van der Waals surface area (Å²) in [5.74, 6) is -0.492. The number of ether oxygens (including phenoxy) is 1. The molecule has 0 radical (unpaired) electrons. The second kappa shape index (κ2) is 6.49. The minimum atomic E-state index is -4.38. The third kappa shape index (κ3) is 4.91. The Morgan fingerprint density at radius 2 is 2.06 bits per heavy atom. The van der Waals surface area contributed by atoms with E-state index in [-0.39, 0.29) is 12.2 Å². The van der Waals surface area contributed by atoms with Crippen molar-refractivity contribution < 1.29 is 22.3 Å². The largest absolute Gasteiger partial charge is 0.411 e. The van der Waals surface area contributed by atoms with Crippen molar-refractivity contribution in [2.75, 3.05) is 20.3 Å². The topological polar surface area (TPSA) is 21.3 Å². The van der Waals surface area contributed by atoms with E-state index in [1.807, 2.05) is 0 Å². The van der Waals surface area contributed by atoms with Crippen LogP contribution < -0.4 is 5.32 Å². The van der Waals surface area contributed by atoms with Crippen molar-refractivity contribution in [2.45, 2.75) is 12.2 Å². The summed E-state index contributed by atoms with van der Waals surface area (Å²) in [6, 6.07) is 3.63. The summed E-state index contributed by atoms with van der Waals surface area (Å²) >= 11 is 3.18. The van der Waals surface area contributed by atoms with Gasteiger partial charge in [0.15, 0.2) is 0 Å². The Morgan fingerprint density at radius 3 is 2.61 bits per heavy atom. The van der Waals surface area contributed by atoms with Crippen LogP contribution in [0.4, 0.5) is 17.6 Å². The van der Waals surface area contributed by atoms with Crippen molar-refractivity contribution in [3.63, 3.8) is 0 Å². The minimum absolute atomic E-state index is 0.258. The van der Waals surface area contributed by atoms with Crippen LogP contribution >= 0.6 is 15.9 Å². The van der Waals surface area contributed by atoms with Crippen LogP contribution in [0.2, 0.25) is 0 Å². The van der Waals surface area contributed by atoms with Crippen LogP contribution in [0.3, 0.4) is 0 Å². The van der Waals surface area contributed by atoms with Crippen LogP contribution in [-0.4, -0.2) is 26.4 Å². The standard InChI is InChI=1S/C11H12BrF4NO/c1-17-10(5-18-6-11(14,15)16)8-4-7(12)2-3-9(8)13/h2-4,10,17H,5-6H2,1H3. The average molecular weight is 330 g/mol. The number of hydrogen-bond acceptors (Lipinski definition) is 2. The number of benzene rings is 1. The molecule has 0 spiro atoms. The molecule has 102 valence electrons. The summed E-state index contributed by atoms with van der Waals surface area (Å²) in [5.41, 5.74) is 0.258. The van der Waals surface area contributed by atoms with E-state index in [2.05, 4.69) is 26.0 Å². The Hall–Kier alpha value is -0.660. The van der Waals surface area contributed by atoms with E-state index in [9.17, 15) is 17.6 Å². The third-order valence-electron chi connectivity index (χ3n) is 2.23. The molecule has 0 saturated carbocycles. The van der Waals surface area contributed by atoms with Gasteiger partial charge in [0.05, 0.1) is 12.6 Å². The molecule has 0 saturated heterocycles. The highest BCUT2D eigenvalue weighted by atomic mass is 79.9. The van der Waals surface area contributed by atoms with E-state index in [0.717, 1.165) is 0 Å². The molecule has 1 N–H and O–H groups in total. The van der Waals surface area contributed by atoms with Crippen LogP contribution in [0.25, 0.3) is 0 Å². The highest BCUT2D eigenvalue weighted by Crippen LogP contribution is 2.23. The van der Waals surface area contributed by atoms with E-state index in [1.54, 1.807) is 0 Å². The van der Waals surface area contributed by atoms with Crippen LogP contribution in [0, 0.1) is 5.82 Å². The van der Waals surface area contributed by atoms with Crippen molar-refractivity contribution in [3.05, 3.63) is 34.1 Å². The normalized spacial score (nSPS) is 13.7. The molecule has 0 heterocycles. The number of nitrogens with one attached hydrogen (secondary N) is 1. The first kappa shape index (κ1) is 15.4. The molecule has 0 amide bonds. The fourth-order valence-electron chi connectivity index (χ4n) is 1.40. The summed E-state index contributed by atoms with van der Waals surface area (Å²) in [7, 11) is 1.53. The SMILES string of the molecule is CNC(COCC(F)(F)F)c1cc(Br)ccc1F. The average Bonchev–Trinajstić information content (AvgIpc) is 2.27. The first-order valence-electron chi connectivity index (χ1n) is 5.10. The maximum Gasteiger partial charge on any atom is 0.411 e. The summed E-state index contributed by atoms with van der Waals surface area (Å²) in [6.45, 7) is -1.61. The number of halogens is 5. The molecule has 1 aromatic rings. The molecule has 2 nitrogen and oxygen atoms in total. The second-order valence-electron chi connectivity index (χ2n) is 3.64. The summed E-state index contributed by atoms with van der Waals surface area (Å²) < 4.78 is 54.5. The van der Waals surface area contributed by atoms with Gasteiger partial charge in [-0.15, -0.1) is 0 Å². The Morgan fingerprint density at radius 1 is 1.39 bits per heavy atom. The molecule has 0 aromatic heterocycles. The zero-order valence-corrected chi connectivity index (χ0v) is 11.1. The Balaban J connectivity index is 2.68. The first-order chi connectivity index (χ1) is 8.33. The maximum absolute atomic E-state index is 13.5. The van der Waals surface area contributed by atoms with Crippen molar-refractivity contribution in [1.82, 2.24) is 5.32 Å². The molecule has 0 fully saturated rings. The van der Waals surface area contributed by atoms with Gasteiger partial charge in [0.2, 0.25) is 0 Å². The quantitative estimate of drug-likeness (QED) is 0.836. The molecule has 1 rings (SSSR count). The van der Waals surface area contributed by atoms with Gasteiger partial charge < -0.3 is 10.1 Å². The molecule has 0 aliphatic rings. The maximum atomic E-state index is 13.5. The molecule has 0 bridgehead atoms. The van der Waals surface area contributed by atoms with Gasteiger partial charge in [-0.1, -0.05) is 15.9 Å². The van der Waals surface area contributed by atoms with Crippen molar-refractivity contribution in [3.8, 4) is 0 Å². The van der Waals surface area contributed by atoms with Gasteiger partial charge in [-0.3, -0.25) is 0 Å². The molecule has 18 heavy (non-hydrogen) atoms. The lowest BCUT2D eigenvalue weighted by Gasteiger charge is -2.18. The van der Waals surface area contributed by atoms with Crippen molar-refractivity contribution in [1.29, 1.82) is 0 Å². The number of hydrogen-bond donors (Lipinski definition) is 1. The zero-order chi connectivity index (χ0) is 13.8. The van der Waals surface area contributed by atoms with Gasteiger partial charge in [0, 0.05) is 10.0 Å². The Labute approximate surface area is 110 Å². The lowest BCUT2D eigenvalue weighted by molar-refractivity contribution is -0.175. The zero-order valence-electron chi connectivity index (χ0n) is 9.52. The number of alkyl halides is 3. The predicted molar refractivity (Wildman–Crippen MR) is 62.8 cm³/mol. The van der Waals surface area contributed by atoms with E-state index in [4.69, 9.17) is 0 Å². The lowest BCUT2D eigenvalue weighted by Crippen LogP contribution is -2.26. The van der Waals surface area contributed by atoms with E-state index >= 15 is 0 Å². The molecule has 1 aromatic carbocycles. The molecular weight excluding hydrogens is 318 g/mol. The Kier molecular flexibility index (Phi) is 5.55. The second-order valence-corrected chi connectivity index (χ2v) is 4.55. The van der Waals surface area contributed by atoms with Gasteiger partial charge >= 0.3 is 6.18 Å². The molecule has 0 aliphatic carbocycles. The van der Waals surface area contributed by atoms with Crippen LogP contribution in [0.1, 0.15) is 11.6 Å². The monoisotopic (exact) mass is 329 g/mol. The molecule has 1 atom stereocenters. The van der Waals surface area contributed by atoms with Gasteiger partial charge in [0.1, 0.15) is 12.4 Å². The Bertz CT molecular complexity index is 397. The summed E-state index contributed by atoms with van der Waals surface area (Å²) in [4.78, 5) is 0. The van der Waals surface area contributed by atoms with Crippen LogP contribution in [0.15, 0.2) is 22.7 Å². The smallest absolute Gasteiger partial charge is 0.370 e. The molecular formula is C11H12BrF4NO. The van der Waals surface area contributed by atoms with Gasteiger partial charge in [0.25, 0.3) is 0 Å². The highest BCUT2D eigenvalue weighted by molar-refractivity contribution is 9.10. The van der Waals surface area contributed by atoms with Crippen LogP contribution in [0.5, 0.6) is 0 Å². The highest BCUT2D eigenvalue weighted by Gasteiger charge is 2.28. The predicted octanol–water partition coefficient (Wildman–Crippen LogP) is 3.43. The minimum Gasteiger partial charge on any atom is -0.370 e. The summed E-state index contributed by atoms with van der Waals surface area (Å²) in [6.07, 6.45) is -4.38. The fraction of sp³-hybridized carbons (Fsp3) is 0.455. The van der Waals surface area contributed by atoms with E-state index in [1.165, 1.54) is 25.2 Å². The third-order valence-corrected chi connectivity index (χ3v) is 2.73. The van der Waals surface area contributed by atoms with E-state index < -0.39 is 24.6 Å². The van der Waals surface area contributed by atoms with Gasteiger partial charge in [-0.2, -0.15) is 13.2 Å². The van der Waals surface area contributed by atoms with Gasteiger partial charge in [-0.25, -0.2) is 4.39 Å². The first-order valence-corrected chi connectivity index (χ1v) is 5.89. The fourth-order valence-corrected chi connectivity index (χ4v) is 1.78. The van der Waals surface area contributed by atoms with Crippen LogP contribution in [-0.2, 0) is 4.74 Å². The number of likely N-dealkylation sites (N-methyl/N-ethyl adjacent to an activating group) is 1.